The van der Waals surface area contributed by atoms with Crippen LogP contribution in [0.5, 0.6) is 0 Å². The van der Waals surface area contributed by atoms with Gasteiger partial charge >= 0.3 is 0 Å². The molecule has 0 bridgehead atoms. The van der Waals surface area contributed by atoms with E-state index in [1.54, 1.807) is 34.9 Å². The number of hydrogen-bond donors (Lipinski definition) is 0. The molecule has 0 radical (unpaired) electrons. The van der Waals surface area contributed by atoms with Crippen molar-refractivity contribution in [2.24, 2.45) is 0 Å². The lowest BCUT2D eigenvalue weighted by Gasteiger charge is -2.30. The zero-order valence-electron chi connectivity index (χ0n) is 15.5. The smallest absolute Gasteiger partial charge is 0.190 e. The highest BCUT2D eigenvalue weighted by atomic mass is 32.2. The van der Waals surface area contributed by atoms with Gasteiger partial charge in [-0.3, -0.25) is 0 Å². The second kappa shape index (κ2) is 7.95. The van der Waals surface area contributed by atoms with Crippen LogP contribution in [0.2, 0.25) is 0 Å². The molecular formula is C21H22N2OS3. The highest BCUT2D eigenvalue weighted by Crippen LogP contribution is 2.42. The van der Waals surface area contributed by atoms with Crippen LogP contribution in [0.3, 0.4) is 0 Å². The summed E-state index contributed by atoms with van der Waals surface area (Å²) in [6, 6.07) is 10.5. The fourth-order valence-electron chi connectivity index (χ4n) is 3.12. The molecule has 140 valence electrons. The van der Waals surface area contributed by atoms with Crippen LogP contribution in [-0.2, 0) is 23.5 Å². The van der Waals surface area contributed by atoms with Crippen molar-refractivity contribution in [2.45, 2.75) is 48.4 Å². The first-order valence-electron chi connectivity index (χ1n) is 8.92. The Balaban J connectivity index is 1.71. The summed E-state index contributed by atoms with van der Waals surface area (Å²) in [6.07, 6.45) is 2.84. The molecule has 0 spiro atoms. The lowest BCUT2D eigenvalue weighted by Crippen LogP contribution is -2.31. The van der Waals surface area contributed by atoms with Gasteiger partial charge in [0.15, 0.2) is 5.16 Å². The van der Waals surface area contributed by atoms with Crippen LogP contribution in [0.25, 0.3) is 10.2 Å². The Morgan fingerprint density at radius 1 is 1.22 bits per heavy atom. The third kappa shape index (κ3) is 4.24. The maximum Gasteiger partial charge on any atom is 0.190 e. The van der Waals surface area contributed by atoms with Gasteiger partial charge in [-0.1, -0.05) is 48.2 Å². The van der Waals surface area contributed by atoms with Gasteiger partial charge in [0.2, 0.25) is 0 Å². The minimum Gasteiger partial charge on any atom is -0.370 e. The number of fused-ring (bicyclic) bond motifs is 3. The summed E-state index contributed by atoms with van der Waals surface area (Å²) in [6.45, 7) is 8.84. The quantitative estimate of drug-likeness (QED) is 0.210. The van der Waals surface area contributed by atoms with Gasteiger partial charge in [-0.25, -0.2) is 9.97 Å². The summed E-state index contributed by atoms with van der Waals surface area (Å²) in [4.78, 5) is 12.2. The van der Waals surface area contributed by atoms with Gasteiger partial charge in [0.1, 0.15) is 9.86 Å². The number of thiophene rings is 1. The molecule has 1 aliphatic rings. The van der Waals surface area contributed by atoms with Gasteiger partial charge in [0.05, 0.1) is 12.2 Å². The summed E-state index contributed by atoms with van der Waals surface area (Å²) in [7, 11) is 0. The second-order valence-corrected chi connectivity index (χ2v) is 10.1. The number of rotatable bonds is 6. The maximum absolute atomic E-state index is 6.01. The van der Waals surface area contributed by atoms with Gasteiger partial charge < -0.3 is 4.74 Å². The van der Waals surface area contributed by atoms with Crippen LogP contribution in [-0.4, -0.2) is 21.3 Å². The SMILES string of the molecule is C=CCSc1nc(SCc2ccccc2)nc2sc3c(c12)CC(C)(C)OC3. The first kappa shape index (κ1) is 19.0. The van der Waals surface area contributed by atoms with Crippen LogP contribution in [0.1, 0.15) is 29.9 Å². The summed E-state index contributed by atoms with van der Waals surface area (Å²) in [5.74, 6) is 1.72. The van der Waals surface area contributed by atoms with Crippen molar-refractivity contribution < 1.29 is 4.74 Å². The molecular weight excluding hydrogens is 392 g/mol. The van der Waals surface area contributed by atoms with Crippen molar-refractivity contribution in [1.29, 1.82) is 0 Å². The number of thioether (sulfide) groups is 2. The molecule has 4 rings (SSSR count). The number of ether oxygens (including phenoxy) is 1. The molecule has 1 aliphatic heterocycles. The summed E-state index contributed by atoms with van der Waals surface area (Å²) in [5.41, 5.74) is 2.52. The Morgan fingerprint density at radius 3 is 2.81 bits per heavy atom. The van der Waals surface area contributed by atoms with E-state index >= 15 is 0 Å². The lowest BCUT2D eigenvalue weighted by atomic mass is 9.95. The molecule has 3 aromatic rings. The molecule has 0 amide bonds. The number of aromatic nitrogens is 2. The van der Waals surface area contributed by atoms with Crippen molar-refractivity contribution in [3.63, 3.8) is 0 Å². The van der Waals surface area contributed by atoms with Crippen LogP contribution < -0.4 is 0 Å². The number of benzene rings is 1. The van der Waals surface area contributed by atoms with E-state index < -0.39 is 0 Å². The normalized spacial score (nSPS) is 15.6. The predicted octanol–water partition coefficient (Wildman–Crippen LogP) is 6.11. The molecule has 0 saturated carbocycles. The van der Waals surface area contributed by atoms with E-state index in [0.717, 1.165) is 32.9 Å². The highest BCUT2D eigenvalue weighted by molar-refractivity contribution is 7.99. The molecule has 6 heteroatoms. The summed E-state index contributed by atoms with van der Waals surface area (Å²) >= 11 is 5.20. The van der Waals surface area contributed by atoms with Gasteiger partial charge in [-0.2, -0.15) is 0 Å². The third-order valence-corrected chi connectivity index (χ3v) is 7.41. The van der Waals surface area contributed by atoms with E-state index in [4.69, 9.17) is 14.7 Å². The summed E-state index contributed by atoms with van der Waals surface area (Å²) < 4.78 is 6.01. The van der Waals surface area contributed by atoms with Crippen LogP contribution in [0.4, 0.5) is 0 Å². The predicted molar refractivity (Wildman–Crippen MR) is 117 cm³/mol. The van der Waals surface area contributed by atoms with E-state index in [1.807, 2.05) is 12.1 Å². The van der Waals surface area contributed by atoms with Crippen molar-refractivity contribution >= 4 is 45.1 Å². The Hall–Kier alpha value is -1.34. The number of nitrogens with zero attached hydrogens (tertiary/aromatic N) is 2. The maximum atomic E-state index is 6.01. The van der Waals surface area contributed by atoms with Crippen molar-refractivity contribution in [3.05, 3.63) is 59.0 Å². The number of hydrogen-bond acceptors (Lipinski definition) is 6. The molecule has 27 heavy (non-hydrogen) atoms. The molecule has 0 unspecified atom stereocenters. The van der Waals surface area contributed by atoms with E-state index in [-0.39, 0.29) is 5.60 Å². The minimum atomic E-state index is -0.137. The molecule has 0 fully saturated rings. The van der Waals surface area contributed by atoms with Gasteiger partial charge in [-0.15, -0.1) is 29.7 Å². The largest absolute Gasteiger partial charge is 0.370 e. The zero-order chi connectivity index (χ0) is 18.9. The standard InChI is InChI=1S/C21H22N2OS3/c1-4-10-25-18-17-15-11-21(2,3)24-12-16(15)27-19(17)23-20(22-18)26-13-14-8-6-5-7-9-14/h4-9H,1,10-13H2,2-3H3. The van der Waals surface area contributed by atoms with Gasteiger partial charge in [0, 0.05) is 28.2 Å². The Bertz CT molecular complexity index is 966. The molecule has 3 heterocycles. The van der Waals surface area contributed by atoms with E-state index in [2.05, 4.69) is 44.7 Å². The minimum absolute atomic E-state index is 0.137. The fraction of sp³-hybridized carbons (Fsp3) is 0.333. The monoisotopic (exact) mass is 414 g/mol. The van der Waals surface area contributed by atoms with Crippen molar-refractivity contribution in [3.8, 4) is 0 Å². The Morgan fingerprint density at radius 2 is 2.04 bits per heavy atom. The first-order valence-corrected chi connectivity index (χ1v) is 11.7. The van der Waals surface area contributed by atoms with Crippen LogP contribution >= 0.6 is 34.9 Å². The molecule has 1 aromatic carbocycles. The average molecular weight is 415 g/mol. The lowest BCUT2D eigenvalue weighted by molar-refractivity contribution is -0.0379. The van der Waals surface area contributed by atoms with E-state index in [1.165, 1.54) is 21.4 Å². The van der Waals surface area contributed by atoms with Crippen molar-refractivity contribution in [2.75, 3.05) is 5.75 Å². The van der Waals surface area contributed by atoms with Gasteiger partial charge in [-0.05, 0) is 25.0 Å². The first-order chi connectivity index (χ1) is 13.1. The molecule has 0 N–H and O–H groups in total. The molecule has 3 nitrogen and oxygen atoms in total. The highest BCUT2D eigenvalue weighted by Gasteiger charge is 2.31. The zero-order valence-corrected chi connectivity index (χ0v) is 18.0. The second-order valence-electron chi connectivity index (χ2n) is 7.09. The molecule has 0 aliphatic carbocycles. The van der Waals surface area contributed by atoms with Crippen LogP contribution in [0, 0.1) is 0 Å². The topological polar surface area (TPSA) is 35.0 Å². The van der Waals surface area contributed by atoms with E-state index in [0.29, 0.717) is 6.61 Å². The summed E-state index contributed by atoms with van der Waals surface area (Å²) in [5, 5.41) is 3.14. The average Bonchev–Trinajstić information content (AvgIpc) is 3.02. The third-order valence-electron chi connectivity index (χ3n) is 4.43. The van der Waals surface area contributed by atoms with Crippen LogP contribution in [0.15, 0.2) is 53.2 Å². The van der Waals surface area contributed by atoms with Crippen molar-refractivity contribution in [1.82, 2.24) is 9.97 Å². The van der Waals surface area contributed by atoms with Gasteiger partial charge in [0.25, 0.3) is 0 Å². The molecule has 0 saturated heterocycles. The fourth-order valence-corrected chi connectivity index (χ4v) is 6.00. The Labute approximate surface area is 172 Å². The molecule has 2 aromatic heterocycles. The van der Waals surface area contributed by atoms with E-state index in [9.17, 15) is 0 Å². The molecule has 0 atom stereocenters. The Kier molecular flexibility index (Phi) is 5.60.